The molecule has 0 radical (unpaired) electrons. The highest BCUT2D eigenvalue weighted by atomic mass is 32.2. The summed E-state index contributed by atoms with van der Waals surface area (Å²) < 4.78 is 27.3. The van der Waals surface area contributed by atoms with Crippen molar-refractivity contribution in [2.24, 2.45) is 0 Å². The fourth-order valence-electron chi connectivity index (χ4n) is 4.28. The van der Waals surface area contributed by atoms with E-state index >= 15 is 0 Å². The highest BCUT2D eigenvalue weighted by Crippen LogP contribution is 2.44. The van der Waals surface area contributed by atoms with Gasteiger partial charge in [-0.2, -0.15) is 0 Å². The van der Waals surface area contributed by atoms with Crippen molar-refractivity contribution in [1.82, 2.24) is 20.2 Å². The van der Waals surface area contributed by atoms with Crippen molar-refractivity contribution >= 4 is 23.5 Å². The third-order valence-corrected chi connectivity index (χ3v) is 7.26. The molecule has 0 aliphatic carbocycles. The third kappa shape index (κ3) is 4.73. The Labute approximate surface area is 191 Å². The lowest BCUT2D eigenvalue weighted by Gasteiger charge is -2.38. The van der Waals surface area contributed by atoms with E-state index in [4.69, 9.17) is 0 Å². The summed E-state index contributed by atoms with van der Waals surface area (Å²) in [6.45, 7) is 8.99. The van der Waals surface area contributed by atoms with Crippen LogP contribution in [0, 0.1) is 11.6 Å². The van der Waals surface area contributed by atoms with Crippen molar-refractivity contribution in [3.63, 3.8) is 0 Å². The first-order valence-corrected chi connectivity index (χ1v) is 12.1. The molecule has 0 spiro atoms. The molecule has 1 saturated heterocycles. The van der Waals surface area contributed by atoms with Crippen molar-refractivity contribution in [3.05, 3.63) is 53.0 Å². The first-order valence-electron chi connectivity index (χ1n) is 11.0. The number of benzene rings is 1. The Balaban J connectivity index is 1.48. The minimum atomic E-state index is -0.931. The Morgan fingerprint density at radius 2 is 1.94 bits per heavy atom. The van der Waals surface area contributed by atoms with Crippen LogP contribution in [0.4, 0.5) is 14.6 Å². The molecule has 32 heavy (non-hydrogen) atoms. The third-order valence-electron chi connectivity index (χ3n) is 6.09. The van der Waals surface area contributed by atoms with E-state index < -0.39 is 17.6 Å². The van der Waals surface area contributed by atoms with E-state index in [-0.39, 0.29) is 11.9 Å². The Morgan fingerprint density at radius 1 is 1.19 bits per heavy atom. The van der Waals surface area contributed by atoms with Gasteiger partial charge in [0.2, 0.25) is 5.91 Å². The number of piperazine rings is 1. The number of halogens is 2. The topological polar surface area (TPSA) is 61.4 Å². The van der Waals surface area contributed by atoms with E-state index in [1.807, 2.05) is 30.5 Å². The van der Waals surface area contributed by atoms with Crippen LogP contribution in [-0.4, -0.2) is 59.5 Å². The van der Waals surface area contributed by atoms with Crippen LogP contribution in [-0.2, 0) is 10.5 Å². The number of hydrogen-bond acceptors (Lipinski definition) is 6. The molecule has 1 aromatic carbocycles. The number of nitrogens with one attached hydrogen (secondary N) is 1. The van der Waals surface area contributed by atoms with Crippen LogP contribution in [0.1, 0.15) is 48.8 Å². The molecule has 2 aromatic rings. The number of carbonyl (C=O) groups excluding carboxylic acids is 1. The molecule has 3 heterocycles. The second-order valence-electron chi connectivity index (χ2n) is 8.61. The molecule has 172 valence electrons. The number of hydrogen-bond donors (Lipinski definition) is 1. The van der Waals surface area contributed by atoms with E-state index in [9.17, 15) is 13.6 Å². The SMILES string of the molecule is CC(C)NCC(C(=O)N1CCN(c2ncnc3c2C(C)SC3)CC1)c1ccc(F)c(F)c1. The average molecular weight is 462 g/mol. The molecule has 0 saturated carbocycles. The number of carbonyl (C=O) groups is 1. The monoisotopic (exact) mass is 461 g/mol. The van der Waals surface area contributed by atoms with Gasteiger partial charge in [-0.1, -0.05) is 19.9 Å². The standard InChI is InChI=1S/C23H29F2N5OS/c1-14(2)26-11-17(16-4-5-18(24)19(25)10-16)23(31)30-8-6-29(7-9-30)22-21-15(3)32-12-20(21)27-13-28-22/h4-5,10,13-15,17,26H,6-9,11-12H2,1-3H3. The van der Waals surface area contributed by atoms with Crippen LogP contribution in [0.15, 0.2) is 24.5 Å². The lowest BCUT2D eigenvalue weighted by molar-refractivity contribution is -0.133. The van der Waals surface area contributed by atoms with Crippen molar-refractivity contribution in [2.75, 3.05) is 37.6 Å². The quantitative estimate of drug-likeness (QED) is 0.711. The lowest BCUT2D eigenvalue weighted by atomic mass is 9.96. The molecule has 1 fully saturated rings. The summed E-state index contributed by atoms with van der Waals surface area (Å²) in [5.41, 5.74) is 2.80. The first-order chi connectivity index (χ1) is 15.3. The fourth-order valence-corrected chi connectivity index (χ4v) is 5.33. The van der Waals surface area contributed by atoms with Gasteiger partial charge >= 0.3 is 0 Å². The zero-order chi connectivity index (χ0) is 22.8. The van der Waals surface area contributed by atoms with Gasteiger partial charge in [-0.05, 0) is 24.6 Å². The second-order valence-corrected chi connectivity index (χ2v) is 9.94. The Kier molecular flexibility index (Phi) is 6.95. The maximum Gasteiger partial charge on any atom is 0.231 e. The number of anilines is 1. The van der Waals surface area contributed by atoms with Crippen LogP contribution in [0.3, 0.4) is 0 Å². The number of fused-ring (bicyclic) bond motifs is 1. The number of aromatic nitrogens is 2. The van der Waals surface area contributed by atoms with Crippen molar-refractivity contribution in [3.8, 4) is 0 Å². The van der Waals surface area contributed by atoms with E-state index in [1.54, 1.807) is 6.33 Å². The van der Waals surface area contributed by atoms with Gasteiger partial charge in [0.25, 0.3) is 0 Å². The van der Waals surface area contributed by atoms with Gasteiger partial charge in [-0.25, -0.2) is 18.7 Å². The Morgan fingerprint density at radius 3 is 2.62 bits per heavy atom. The zero-order valence-electron chi connectivity index (χ0n) is 18.6. The molecular weight excluding hydrogens is 432 g/mol. The van der Waals surface area contributed by atoms with Crippen LogP contribution in [0.5, 0.6) is 0 Å². The number of amides is 1. The molecule has 2 atom stereocenters. The molecule has 9 heteroatoms. The normalized spacial score (nSPS) is 19.4. The van der Waals surface area contributed by atoms with Crippen molar-refractivity contribution < 1.29 is 13.6 Å². The Bertz CT molecular complexity index is 981. The Hall–Kier alpha value is -2.26. The molecule has 2 aliphatic heterocycles. The van der Waals surface area contributed by atoms with Gasteiger partial charge in [-0.15, -0.1) is 11.8 Å². The molecule has 1 N–H and O–H groups in total. The van der Waals surface area contributed by atoms with E-state index in [0.29, 0.717) is 43.5 Å². The smallest absolute Gasteiger partial charge is 0.231 e. The summed E-state index contributed by atoms with van der Waals surface area (Å²) in [4.78, 5) is 26.4. The zero-order valence-corrected chi connectivity index (χ0v) is 19.5. The van der Waals surface area contributed by atoms with Crippen molar-refractivity contribution in [2.45, 2.75) is 43.7 Å². The minimum absolute atomic E-state index is 0.0688. The van der Waals surface area contributed by atoms with Crippen LogP contribution in [0.2, 0.25) is 0 Å². The summed E-state index contributed by atoms with van der Waals surface area (Å²) in [7, 11) is 0. The van der Waals surface area contributed by atoms with Gasteiger partial charge in [0.15, 0.2) is 11.6 Å². The predicted octanol–water partition coefficient (Wildman–Crippen LogP) is 3.49. The molecule has 6 nitrogen and oxygen atoms in total. The fraction of sp³-hybridized carbons (Fsp3) is 0.522. The molecular formula is C23H29F2N5OS. The van der Waals surface area contributed by atoms with Gasteiger partial charge in [0, 0.05) is 55.3 Å². The highest BCUT2D eigenvalue weighted by Gasteiger charge is 2.32. The highest BCUT2D eigenvalue weighted by molar-refractivity contribution is 7.99. The van der Waals surface area contributed by atoms with Crippen LogP contribution in [0.25, 0.3) is 0 Å². The van der Waals surface area contributed by atoms with E-state index in [0.717, 1.165) is 29.4 Å². The molecule has 2 unspecified atom stereocenters. The molecule has 2 aliphatic rings. The van der Waals surface area contributed by atoms with Crippen LogP contribution < -0.4 is 10.2 Å². The predicted molar refractivity (Wildman–Crippen MR) is 123 cm³/mol. The second kappa shape index (κ2) is 9.70. The first kappa shape index (κ1) is 22.9. The molecule has 1 amide bonds. The maximum atomic E-state index is 13.9. The summed E-state index contributed by atoms with van der Waals surface area (Å²) >= 11 is 1.86. The molecule has 0 bridgehead atoms. The van der Waals surface area contributed by atoms with Crippen LogP contribution >= 0.6 is 11.8 Å². The number of rotatable bonds is 6. The molecule has 1 aromatic heterocycles. The summed E-state index contributed by atoms with van der Waals surface area (Å²) in [6, 6.07) is 3.90. The van der Waals surface area contributed by atoms with Crippen molar-refractivity contribution in [1.29, 1.82) is 0 Å². The number of nitrogens with zero attached hydrogens (tertiary/aromatic N) is 4. The maximum absolute atomic E-state index is 13.9. The van der Waals surface area contributed by atoms with Gasteiger partial charge in [0.05, 0.1) is 11.6 Å². The van der Waals surface area contributed by atoms with E-state index in [1.165, 1.54) is 11.6 Å². The van der Waals surface area contributed by atoms with Gasteiger partial charge in [-0.3, -0.25) is 4.79 Å². The summed E-state index contributed by atoms with van der Waals surface area (Å²) in [5.74, 6) is -0.601. The number of thioether (sulfide) groups is 1. The average Bonchev–Trinajstić information content (AvgIpc) is 3.17. The largest absolute Gasteiger partial charge is 0.353 e. The molecule has 4 rings (SSSR count). The van der Waals surface area contributed by atoms with Gasteiger partial charge in [0.1, 0.15) is 12.1 Å². The lowest BCUT2D eigenvalue weighted by Crippen LogP contribution is -2.51. The summed E-state index contributed by atoms with van der Waals surface area (Å²) in [6.07, 6.45) is 1.63. The minimum Gasteiger partial charge on any atom is -0.353 e. The summed E-state index contributed by atoms with van der Waals surface area (Å²) in [5, 5.41) is 3.63. The van der Waals surface area contributed by atoms with E-state index in [2.05, 4.69) is 27.1 Å². The van der Waals surface area contributed by atoms with Gasteiger partial charge < -0.3 is 15.1 Å².